The number of nitrogens with zero attached hydrogens (tertiary/aromatic N) is 1. The fourth-order valence-electron chi connectivity index (χ4n) is 2.02. The van der Waals surface area contributed by atoms with Gasteiger partial charge in [-0.05, 0) is 48.9 Å². The highest BCUT2D eigenvalue weighted by Gasteiger charge is 2.18. The van der Waals surface area contributed by atoms with Gasteiger partial charge in [0.05, 0.1) is 5.25 Å². The van der Waals surface area contributed by atoms with Gasteiger partial charge in [-0.3, -0.25) is 4.79 Å². The average Bonchev–Trinajstić information content (AvgIpc) is 2.51. The highest BCUT2D eigenvalue weighted by molar-refractivity contribution is 8.00. The van der Waals surface area contributed by atoms with E-state index in [0.29, 0.717) is 16.6 Å². The van der Waals surface area contributed by atoms with Crippen molar-refractivity contribution < 1.29 is 4.79 Å². The van der Waals surface area contributed by atoms with Crippen molar-refractivity contribution in [1.82, 2.24) is 4.90 Å². The zero-order valence-electron chi connectivity index (χ0n) is 12.4. The van der Waals surface area contributed by atoms with Crippen LogP contribution in [-0.4, -0.2) is 23.1 Å². The van der Waals surface area contributed by atoms with E-state index in [2.05, 4.69) is 0 Å². The predicted octanol–water partition coefficient (Wildman–Crippen LogP) is 5.13. The molecule has 0 fully saturated rings. The summed E-state index contributed by atoms with van der Waals surface area (Å²) in [4.78, 5) is 15.2. The fourth-order valence-corrected chi connectivity index (χ4v) is 3.25. The molecule has 0 heterocycles. The van der Waals surface area contributed by atoms with Crippen molar-refractivity contribution in [2.24, 2.45) is 0 Å². The molecule has 0 aromatic heterocycles. The van der Waals surface area contributed by atoms with Crippen LogP contribution in [0.15, 0.2) is 53.4 Å². The second-order valence-electron chi connectivity index (χ2n) is 5.03. The van der Waals surface area contributed by atoms with Gasteiger partial charge in [0.2, 0.25) is 5.91 Å². The highest BCUT2D eigenvalue weighted by Crippen LogP contribution is 2.26. The van der Waals surface area contributed by atoms with Crippen LogP contribution in [0.1, 0.15) is 12.5 Å². The summed E-state index contributed by atoms with van der Waals surface area (Å²) < 4.78 is 0. The quantitative estimate of drug-likeness (QED) is 0.694. The van der Waals surface area contributed by atoms with Crippen LogP contribution in [0.25, 0.3) is 0 Å². The number of amides is 1. The molecule has 0 spiro atoms. The van der Waals surface area contributed by atoms with Crippen LogP contribution in [0, 0.1) is 0 Å². The molecule has 2 aromatic rings. The van der Waals surface area contributed by atoms with Crippen LogP contribution < -0.4 is 0 Å². The largest absolute Gasteiger partial charge is 0.340 e. The van der Waals surface area contributed by atoms with E-state index in [1.165, 1.54) is 11.8 Å². The van der Waals surface area contributed by atoms with Gasteiger partial charge in [0.1, 0.15) is 0 Å². The van der Waals surface area contributed by atoms with Crippen molar-refractivity contribution in [3.05, 3.63) is 64.1 Å². The smallest absolute Gasteiger partial charge is 0.235 e. The van der Waals surface area contributed by atoms with Crippen LogP contribution in [0.5, 0.6) is 0 Å². The summed E-state index contributed by atoms with van der Waals surface area (Å²) in [7, 11) is 1.82. The molecule has 0 saturated heterocycles. The Kier molecular flexibility index (Phi) is 6.18. The van der Waals surface area contributed by atoms with Crippen molar-refractivity contribution in [2.45, 2.75) is 23.6 Å². The normalized spacial score (nSPS) is 12.0. The zero-order chi connectivity index (χ0) is 16.1. The van der Waals surface area contributed by atoms with Crippen LogP contribution in [0.4, 0.5) is 0 Å². The third kappa shape index (κ3) is 4.94. The molecule has 0 radical (unpaired) electrons. The Bertz CT molecular complexity index is 573. The maximum atomic E-state index is 12.4. The molecular weight excluding hydrogens is 337 g/mol. The van der Waals surface area contributed by atoms with Crippen LogP contribution in [0.2, 0.25) is 10.0 Å². The first kappa shape index (κ1) is 17.2. The Hall–Kier alpha value is -1.16. The Morgan fingerprint density at radius 2 is 1.55 bits per heavy atom. The molecule has 0 aliphatic heterocycles. The molecule has 116 valence electrons. The molecule has 0 N–H and O–H groups in total. The lowest BCUT2D eigenvalue weighted by molar-refractivity contribution is -0.129. The van der Waals surface area contributed by atoms with Crippen LogP contribution in [-0.2, 0) is 11.3 Å². The number of halogens is 2. The first-order chi connectivity index (χ1) is 10.5. The molecule has 2 nitrogen and oxygen atoms in total. The maximum Gasteiger partial charge on any atom is 0.235 e. The summed E-state index contributed by atoms with van der Waals surface area (Å²) in [5, 5.41) is 1.24. The Labute approximate surface area is 145 Å². The molecule has 1 amide bonds. The van der Waals surface area contributed by atoms with Gasteiger partial charge in [0.25, 0.3) is 0 Å². The standard InChI is InChI=1S/C17H17Cl2NOS/c1-12(22-16-9-7-15(19)8-10-16)17(21)20(2)11-13-3-5-14(18)6-4-13/h3-10,12H,11H2,1-2H3/t12-/m0/s1. The van der Waals surface area contributed by atoms with Crippen LogP contribution in [0.3, 0.4) is 0 Å². The highest BCUT2D eigenvalue weighted by atomic mass is 35.5. The van der Waals surface area contributed by atoms with Gasteiger partial charge >= 0.3 is 0 Å². The minimum atomic E-state index is -0.154. The van der Waals surface area contributed by atoms with E-state index in [4.69, 9.17) is 23.2 Å². The molecular formula is C17H17Cl2NOS. The Morgan fingerprint density at radius 3 is 2.09 bits per heavy atom. The third-order valence-electron chi connectivity index (χ3n) is 3.18. The summed E-state index contributed by atoms with van der Waals surface area (Å²) in [6, 6.07) is 15.1. The lowest BCUT2D eigenvalue weighted by atomic mass is 10.2. The first-order valence-corrected chi connectivity index (χ1v) is 8.51. The van der Waals surface area contributed by atoms with Crippen molar-refractivity contribution in [1.29, 1.82) is 0 Å². The fraction of sp³-hybridized carbons (Fsp3) is 0.235. The molecule has 1 atom stereocenters. The monoisotopic (exact) mass is 353 g/mol. The van der Waals surface area contributed by atoms with E-state index in [9.17, 15) is 4.79 Å². The van der Waals surface area contributed by atoms with Crippen LogP contribution >= 0.6 is 35.0 Å². The van der Waals surface area contributed by atoms with Gasteiger partial charge in [-0.2, -0.15) is 0 Å². The Morgan fingerprint density at radius 1 is 1.05 bits per heavy atom. The third-order valence-corrected chi connectivity index (χ3v) is 4.79. The molecule has 0 aliphatic carbocycles. The minimum Gasteiger partial charge on any atom is -0.340 e. The predicted molar refractivity (Wildman–Crippen MR) is 94.7 cm³/mol. The molecule has 0 bridgehead atoms. The van der Waals surface area contributed by atoms with Gasteiger partial charge in [-0.1, -0.05) is 35.3 Å². The van der Waals surface area contributed by atoms with Crippen molar-refractivity contribution >= 4 is 40.9 Å². The lowest BCUT2D eigenvalue weighted by Gasteiger charge is -2.21. The van der Waals surface area contributed by atoms with E-state index >= 15 is 0 Å². The van der Waals surface area contributed by atoms with Crippen molar-refractivity contribution in [2.75, 3.05) is 7.05 Å². The number of hydrogen-bond donors (Lipinski definition) is 0. The molecule has 2 aromatic carbocycles. The Balaban J connectivity index is 1.94. The number of thioether (sulfide) groups is 1. The van der Waals surface area contributed by atoms with Gasteiger partial charge in [0.15, 0.2) is 0 Å². The number of rotatable bonds is 5. The maximum absolute atomic E-state index is 12.4. The molecule has 0 saturated carbocycles. The number of carbonyl (C=O) groups excluding carboxylic acids is 1. The average molecular weight is 354 g/mol. The summed E-state index contributed by atoms with van der Waals surface area (Å²) in [6.45, 7) is 2.49. The lowest BCUT2D eigenvalue weighted by Crippen LogP contribution is -2.32. The topological polar surface area (TPSA) is 20.3 Å². The van der Waals surface area contributed by atoms with E-state index in [1.807, 2.05) is 62.5 Å². The second-order valence-corrected chi connectivity index (χ2v) is 7.32. The second kappa shape index (κ2) is 7.91. The summed E-state index contributed by atoms with van der Waals surface area (Å²) in [5.74, 6) is 0.0925. The summed E-state index contributed by atoms with van der Waals surface area (Å²) >= 11 is 13.3. The number of hydrogen-bond acceptors (Lipinski definition) is 2. The van der Waals surface area contributed by atoms with E-state index in [0.717, 1.165) is 10.5 Å². The van der Waals surface area contributed by atoms with E-state index in [-0.39, 0.29) is 11.2 Å². The van der Waals surface area contributed by atoms with Gasteiger partial charge in [-0.25, -0.2) is 0 Å². The van der Waals surface area contributed by atoms with Crippen molar-refractivity contribution in [3.63, 3.8) is 0 Å². The molecule has 2 rings (SSSR count). The molecule has 0 aliphatic rings. The first-order valence-electron chi connectivity index (χ1n) is 6.87. The van der Waals surface area contributed by atoms with Gasteiger partial charge in [-0.15, -0.1) is 11.8 Å². The zero-order valence-corrected chi connectivity index (χ0v) is 14.8. The number of benzene rings is 2. The van der Waals surface area contributed by atoms with Crippen molar-refractivity contribution in [3.8, 4) is 0 Å². The summed E-state index contributed by atoms with van der Waals surface area (Å²) in [5.41, 5.74) is 1.06. The van der Waals surface area contributed by atoms with Gasteiger partial charge in [0, 0.05) is 28.5 Å². The number of carbonyl (C=O) groups is 1. The minimum absolute atomic E-state index is 0.0925. The molecule has 22 heavy (non-hydrogen) atoms. The SMILES string of the molecule is C[C@H](Sc1ccc(Cl)cc1)C(=O)N(C)Cc1ccc(Cl)cc1. The van der Waals surface area contributed by atoms with E-state index in [1.54, 1.807) is 4.90 Å². The van der Waals surface area contributed by atoms with Gasteiger partial charge < -0.3 is 4.90 Å². The molecule has 0 unspecified atom stereocenters. The van der Waals surface area contributed by atoms with E-state index < -0.39 is 0 Å². The summed E-state index contributed by atoms with van der Waals surface area (Å²) in [6.07, 6.45) is 0. The molecule has 5 heteroatoms.